The summed E-state index contributed by atoms with van der Waals surface area (Å²) in [5.74, 6) is 0. The van der Waals surface area contributed by atoms with Crippen LogP contribution in [-0.2, 0) is 21.6 Å². The molecule has 2 heterocycles. The Balaban J connectivity index is 1.93. The van der Waals surface area contributed by atoms with Crippen LogP contribution in [0.4, 0.5) is 0 Å². The minimum absolute atomic E-state index is 0.269. The van der Waals surface area contributed by atoms with E-state index in [0.717, 1.165) is 5.56 Å². The van der Waals surface area contributed by atoms with Crippen molar-refractivity contribution < 1.29 is 9.47 Å². The molecule has 1 aliphatic heterocycles. The Hall–Kier alpha value is -0.950. The van der Waals surface area contributed by atoms with Crippen molar-refractivity contribution in [1.29, 1.82) is 0 Å². The van der Waals surface area contributed by atoms with Crippen molar-refractivity contribution in [3.8, 4) is 0 Å². The first-order chi connectivity index (χ1) is 9.72. The number of benzene rings is 1. The summed E-state index contributed by atoms with van der Waals surface area (Å²) in [6, 6.07) is 7.62. The molecular weight excluding hydrogens is 346 g/mol. The Bertz CT molecular complexity index is 564. The van der Waals surface area contributed by atoms with Crippen LogP contribution in [0, 0.1) is 0 Å². The highest BCUT2D eigenvalue weighted by Crippen LogP contribution is 2.36. The molecule has 0 saturated carbocycles. The van der Waals surface area contributed by atoms with Crippen LogP contribution < -0.4 is 0 Å². The van der Waals surface area contributed by atoms with E-state index in [-0.39, 0.29) is 6.29 Å². The highest BCUT2D eigenvalue weighted by atomic mass is 79.9. The Morgan fingerprint density at radius 1 is 1.40 bits per heavy atom. The molecule has 2 atom stereocenters. The average Bonchev–Trinajstić information content (AvgIpc) is 3.10. The molecular formula is C13H13BrClN3O2. The maximum absolute atomic E-state index is 6.10. The van der Waals surface area contributed by atoms with Crippen molar-refractivity contribution in [2.75, 3.05) is 11.9 Å². The van der Waals surface area contributed by atoms with Crippen molar-refractivity contribution in [1.82, 2.24) is 14.8 Å². The molecule has 5 nitrogen and oxygen atoms in total. The van der Waals surface area contributed by atoms with Crippen LogP contribution in [0.15, 0.2) is 36.9 Å². The van der Waals surface area contributed by atoms with Crippen molar-refractivity contribution in [2.24, 2.45) is 0 Å². The van der Waals surface area contributed by atoms with E-state index in [1.54, 1.807) is 11.0 Å². The van der Waals surface area contributed by atoms with Crippen molar-refractivity contribution in [3.05, 3.63) is 47.5 Å². The molecule has 0 N–H and O–H groups in total. The molecule has 1 fully saturated rings. The summed E-state index contributed by atoms with van der Waals surface area (Å²) >= 11 is 9.34. The molecule has 0 radical (unpaired) electrons. The van der Waals surface area contributed by atoms with Gasteiger partial charge >= 0.3 is 0 Å². The molecule has 20 heavy (non-hydrogen) atoms. The normalized spacial score (nSPS) is 26.0. The molecule has 1 aromatic heterocycles. The Kier molecular flexibility index (Phi) is 4.07. The van der Waals surface area contributed by atoms with E-state index >= 15 is 0 Å². The minimum Gasteiger partial charge on any atom is -0.348 e. The first-order valence-electron chi connectivity index (χ1n) is 6.16. The second kappa shape index (κ2) is 5.81. The van der Waals surface area contributed by atoms with Crippen LogP contribution >= 0.6 is 27.5 Å². The highest BCUT2D eigenvalue weighted by Gasteiger charge is 2.43. The second-order valence-corrected chi connectivity index (χ2v) is 5.69. The van der Waals surface area contributed by atoms with E-state index in [1.807, 2.05) is 24.3 Å². The van der Waals surface area contributed by atoms with Gasteiger partial charge in [-0.3, -0.25) is 0 Å². The maximum atomic E-state index is 6.10. The summed E-state index contributed by atoms with van der Waals surface area (Å²) in [5.41, 5.74) is 0.442. The monoisotopic (exact) mass is 357 g/mol. The van der Waals surface area contributed by atoms with Crippen LogP contribution in [0.3, 0.4) is 0 Å². The van der Waals surface area contributed by atoms with Gasteiger partial charge < -0.3 is 9.47 Å². The zero-order valence-corrected chi connectivity index (χ0v) is 12.9. The molecule has 0 spiro atoms. The maximum Gasteiger partial charge on any atom is 0.168 e. The third-order valence-corrected chi connectivity index (χ3v) is 4.02. The zero-order valence-electron chi connectivity index (χ0n) is 10.6. The van der Waals surface area contributed by atoms with Gasteiger partial charge in [0.1, 0.15) is 18.3 Å². The fraction of sp³-hybridized carbons (Fsp3) is 0.385. The average molecular weight is 359 g/mol. The third-order valence-electron chi connectivity index (χ3n) is 3.24. The number of hydrogen-bond donors (Lipinski definition) is 0. The van der Waals surface area contributed by atoms with Crippen molar-refractivity contribution in [2.45, 2.75) is 18.4 Å². The van der Waals surface area contributed by atoms with Gasteiger partial charge in [-0.1, -0.05) is 39.7 Å². The number of hydrogen-bond acceptors (Lipinski definition) is 4. The highest BCUT2D eigenvalue weighted by molar-refractivity contribution is 9.09. The molecule has 1 saturated heterocycles. The lowest BCUT2D eigenvalue weighted by molar-refractivity contribution is -0.0830. The SMILES string of the molecule is Clc1ccc(C2(Cn3cncn3)COC(CBr)O2)cc1. The van der Waals surface area contributed by atoms with Crippen LogP contribution in [-0.4, -0.2) is 33.0 Å². The summed E-state index contributed by atoms with van der Waals surface area (Å²) in [7, 11) is 0. The molecule has 0 aliphatic carbocycles. The van der Waals surface area contributed by atoms with Crippen LogP contribution in [0.5, 0.6) is 0 Å². The molecule has 7 heteroatoms. The quantitative estimate of drug-likeness (QED) is 0.788. The van der Waals surface area contributed by atoms with E-state index in [1.165, 1.54) is 6.33 Å². The first-order valence-corrected chi connectivity index (χ1v) is 7.66. The van der Waals surface area contributed by atoms with Gasteiger partial charge in [0.2, 0.25) is 0 Å². The lowest BCUT2D eigenvalue weighted by Crippen LogP contribution is -2.35. The van der Waals surface area contributed by atoms with E-state index in [4.69, 9.17) is 21.1 Å². The first kappa shape index (κ1) is 14.0. The lowest BCUT2D eigenvalue weighted by Gasteiger charge is -2.27. The predicted molar refractivity (Wildman–Crippen MR) is 77.8 cm³/mol. The van der Waals surface area contributed by atoms with Crippen molar-refractivity contribution in [3.63, 3.8) is 0 Å². The van der Waals surface area contributed by atoms with E-state index in [9.17, 15) is 0 Å². The van der Waals surface area contributed by atoms with Crippen LogP contribution in [0.1, 0.15) is 5.56 Å². The van der Waals surface area contributed by atoms with E-state index < -0.39 is 5.60 Å². The Morgan fingerprint density at radius 3 is 2.80 bits per heavy atom. The third kappa shape index (κ3) is 2.74. The Morgan fingerprint density at radius 2 is 2.20 bits per heavy atom. The fourth-order valence-electron chi connectivity index (χ4n) is 2.28. The van der Waals surface area contributed by atoms with Gasteiger partial charge in [0.05, 0.1) is 18.5 Å². The number of rotatable bonds is 4. The standard InChI is InChI=1S/C13H13BrClN3O2/c14-5-12-19-7-13(20-12,6-18-9-16-8-17-18)10-1-3-11(15)4-2-10/h1-4,8-9,12H,5-7H2. The fourth-order valence-corrected chi connectivity index (χ4v) is 2.72. The molecule has 0 amide bonds. The molecule has 106 valence electrons. The smallest absolute Gasteiger partial charge is 0.168 e. The number of aromatic nitrogens is 3. The van der Waals surface area contributed by atoms with E-state index in [0.29, 0.717) is 23.5 Å². The van der Waals surface area contributed by atoms with Gasteiger partial charge in [0.15, 0.2) is 6.29 Å². The topological polar surface area (TPSA) is 49.2 Å². The number of nitrogens with zero attached hydrogens (tertiary/aromatic N) is 3. The number of alkyl halides is 1. The Labute approximate surface area is 130 Å². The number of halogens is 2. The molecule has 1 aliphatic rings. The van der Waals surface area contributed by atoms with Crippen LogP contribution in [0.25, 0.3) is 0 Å². The zero-order chi connectivity index (χ0) is 14.0. The molecule has 1 aromatic carbocycles. The summed E-state index contributed by atoms with van der Waals surface area (Å²) in [6.07, 6.45) is 2.91. The minimum atomic E-state index is -0.573. The van der Waals surface area contributed by atoms with Gasteiger partial charge in [-0.25, -0.2) is 9.67 Å². The second-order valence-electron chi connectivity index (χ2n) is 4.61. The van der Waals surface area contributed by atoms with Crippen LogP contribution in [0.2, 0.25) is 5.02 Å². The summed E-state index contributed by atoms with van der Waals surface area (Å²) in [4.78, 5) is 3.97. The number of ether oxygens (including phenoxy) is 2. The lowest BCUT2D eigenvalue weighted by atomic mass is 9.94. The molecule has 3 rings (SSSR count). The predicted octanol–water partition coefficient (Wildman–Crippen LogP) is 2.59. The molecule has 2 aromatic rings. The molecule has 2 unspecified atom stereocenters. The van der Waals surface area contributed by atoms with Gasteiger partial charge in [0, 0.05) is 5.02 Å². The van der Waals surface area contributed by atoms with Gasteiger partial charge in [-0.15, -0.1) is 0 Å². The van der Waals surface area contributed by atoms with Gasteiger partial charge in [-0.05, 0) is 17.7 Å². The van der Waals surface area contributed by atoms with Crippen molar-refractivity contribution >= 4 is 27.5 Å². The summed E-state index contributed by atoms with van der Waals surface area (Å²) in [6.45, 7) is 1.00. The summed E-state index contributed by atoms with van der Waals surface area (Å²) in [5, 5.41) is 5.47. The van der Waals surface area contributed by atoms with Gasteiger partial charge in [0.25, 0.3) is 0 Å². The summed E-state index contributed by atoms with van der Waals surface area (Å²) < 4.78 is 13.5. The van der Waals surface area contributed by atoms with E-state index in [2.05, 4.69) is 26.0 Å². The van der Waals surface area contributed by atoms with Gasteiger partial charge in [-0.2, -0.15) is 5.10 Å². The largest absolute Gasteiger partial charge is 0.348 e. The molecule has 0 bridgehead atoms.